The van der Waals surface area contributed by atoms with Crippen LogP contribution in [0.2, 0.25) is 0 Å². The number of fused-ring (bicyclic) bond motifs is 1. The molecule has 10 heteroatoms. The summed E-state index contributed by atoms with van der Waals surface area (Å²) in [5, 5.41) is 30.5. The van der Waals surface area contributed by atoms with Crippen molar-refractivity contribution in [3.05, 3.63) is 37.1 Å². The summed E-state index contributed by atoms with van der Waals surface area (Å²) in [5.74, 6) is 0.126. The molecule has 3 N–H and O–H groups in total. The van der Waals surface area contributed by atoms with Crippen LogP contribution in [0, 0.1) is 0 Å². The van der Waals surface area contributed by atoms with Crippen molar-refractivity contribution in [1.82, 2.24) is 34.1 Å². The van der Waals surface area contributed by atoms with Crippen molar-refractivity contribution < 1.29 is 10.2 Å². The van der Waals surface area contributed by atoms with Crippen LogP contribution in [0.3, 0.4) is 0 Å². The van der Waals surface area contributed by atoms with E-state index in [9.17, 15) is 5.11 Å². The molecule has 0 aliphatic carbocycles. The van der Waals surface area contributed by atoms with E-state index in [2.05, 4.69) is 25.5 Å². The Bertz CT molecular complexity index is 1030. The van der Waals surface area contributed by atoms with E-state index in [0.717, 1.165) is 5.69 Å². The van der Waals surface area contributed by atoms with Crippen molar-refractivity contribution in [2.24, 2.45) is 7.05 Å². The van der Waals surface area contributed by atoms with Crippen molar-refractivity contribution in [3.63, 3.8) is 0 Å². The van der Waals surface area contributed by atoms with E-state index in [1.807, 2.05) is 13.2 Å². The summed E-state index contributed by atoms with van der Waals surface area (Å²) in [7, 11) is 1.82. The molecular formula is C15H16N8O2. The average Bonchev–Trinajstić information content (AvgIpc) is 3.28. The summed E-state index contributed by atoms with van der Waals surface area (Å²) in [6.45, 7) is 0.410. The third-order valence-electron chi connectivity index (χ3n) is 3.70. The molecule has 0 unspecified atom stereocenters. The van der Waals surface area contributed by atoms with E-state index in [0.29, 0.717) is 23.3 Å². The first-order valence-corrected chi connectivity index (χ1v) is 7.61. The van der Waals surface area contributed by atoms with Gasteiger partial charge < -0.3 is 20.1 Å². The number of anilines is 2. The molecule has 0 aromatic carbocycles. The highest BCUT2D eigenvalue weighted by Gasteiger charge is 2.14. The smallest absolute Gasteiger partial charge is 0.241 e. The zero-order valence-corrected chi connectivity index (χ0v) is 13.4. The van der Waals surface area contributed by atoms with Crippen LogP contribution in [0.4, 0.5) is 11.6 Å². The predicted molar refractivity (Wildman–Crippen MR) is 89.9 cm³/mol. The fourth-order valence-electron chi connectivity index (χ4n) is 2.61. The summed E-state index contributed by atoms with van der Waals surface area (Å²) in [5.41, 5.74) is 2.58. The van der Waals surface area contributed by atoms with Gasteiger partial charge in [-0.3, -0.25) is 9.36 Å². The normalized spacial score (nSPS) is 11.3. The molecule has 128 valence electrons. The zero-order chi connectivity index (χ0) is 17.4. The Hall–Kier alpha value is -3.40. The molecule has 0 amide bonds. The summed E-state index contributed by atoms with van der Waals surface area (Å²) >= 11 is 0. The van der Waals surface area contributed by atoms with Gasteiger partial charge in [-0.05, 0) is 6.07 Å². The maximum atomic E-state index is 10.4. The summed E-state index contributed by atoms with van der Waals surface area (Å²) in [4.78, 5) is 8.54. The first kappa shape index (κ1) is 15.1. The number of aliphatic hydroxyl groups is 1. The number of aryl methyl sites for hydroxylation is 1. The Morgan fingerprint density at radius 2 is 2.04 bits per heavy atom. The molecule has 25 heavy (non-hydrogen) atoms. The number of nitrogens with zero attached hydrogens (tertiary/aromatic N) is 7. The standard InChI is InChI=1S/C15H16N8O2/c1-21-9-11(7-16-21)23-3-2-12-13(23)14(25)20-15(19-12)18-10-6-17-22(8-10)4-5-24/h2-3,6-9,24H,4-5H2,1H3,(H2,18,19,20,25). The molecule has 0 radical (unpaired) electrons. The van der Waals surface area contributed by atoms with Crippen LogP contribution >= 0.6 is 0 Å². The molecule has 0 atom stereocenters. The van der Waals surface area contributed by atoms with Crippen LogP contribution in [-0.2, 0) is 13.6 Å². The van der Waals surface area contributed by atoms with Crippen molar-refractivity contribution in [2.45, 2.75) is 6.54 Å². The lowest BCUT2D eigenvalue weighted by molar-refractivity contribution is 0.269. The summed E-state index contributed by atoms with van der Waals surface area (Å²) in [6, 6.07) is 1.80. The van der Waals surface area contributed by atoms with Crippen LogP contribution in [0.25, 0.3) is 16.7 Å². The zero-order valence-electron chi connectivity index (χ0n) is 13.4. The van der Waals surface area contributed by atoms with Gasteiger partial charge in [0.15, 0.2) is 0 Å². The Balaban J connectivity index is 1.68. The molecule has 4 aromatic rings. The van der Waals surface area contributed by atoms with E-state index < -0.39 is 0 Å². The highest BCUT2D eigenvalue weighted by atomic mass is 16.3. The van der Waals surface area contributed by atoms with Gasteiger partial charge in [-0.1, -0.05) is 0 Å². The van der Waals surface area contributed by atoms with Gasteiger partial charge in [0.1, 0.15) is 5.52 Å². The minimum atomic E-state index is -0.135. The lowest BCUT2D eigenvalue weighted by atomic mass is 10.4. The van der Waals surface area contributed by atoms with Gasteiger partial charge in [0.2, 0.25) is 11.8 Å². The van der Waals surface area contributed by atoms with Gasteiger partial charge in [0.05, 0.1) is 42.4 Å². The van der Waals surface area contributed by atoms with Crippen molar-refractivity contribution in [3.8, 4) is 11.6 Å². The molecule has 10 nitrogen and oxygen atoms in total. The van der Waals surface area contributed by atoms with Crippen LogP contribution < -0.4 is 5.32 Å². The number of hydrogen-bond donors (Lipinski definition) is 3. The predicted octanol–water partition coefficient (Wildman–Crippen LogP) is 0.792. The van der Waals surface area contributed by atoms with Crippen molar-refractivity contribution in [1.29, 1.82) is 0 Å². The lowest BCUT2D eigenvalue weighted by Crippen LogP contribution is -2.02. The molecule has 0 saturated heterocycles. The molecule has 4 rings (SSSR count). The Morgan fingerprint density at radius 1 is 1.16 bits per heavy atom. The number of nitrogens with one attached hydrogen (secondary N) is 1. The lowest BCUT2D eigenvalue weighted by Gasteiger charge is -2.06. The molecule has 0 spiro atoms. The minimum absolute atomic E-state index is 0.00618. The summed E-state index contributed by atoms with van der Waals surface area (Å²) < 4.78 is 5.05. The fraction of sp³-hybridized carbons (Fsp3) is 0.200. The van der Waals surface area contributed by atoms with E-state index in [4.69, 9.17) is 5.11 Å². The largest absolute Gasteiger partial charge is 0.492 e. The van der Waals surface area contributed by atoms with Crippen LogP contribution in [0.15, 0.2) is 37.1 Å². The van der Waals surface area contributed by atoms with Gasteiger partial charge >= 0.3 is 0 Å². The maximum Gasteiger partial charge on any atom is 0.241 e. The van der Waals surface area contributed by atoms with E-state index in [1.165, 1.54) is 0 Å². The number of aliphatic hydroxyl groups excluding tert-OH is 1. The number of hydrogen-bond acceptors (Lipinski definition) is 7. The van der Waals surface area contributed by atoms with Gasteiger partial charge in [-0.15, -0.1) is 0 Å². The number of aromatic nitrogens is 7. The molecule has 0 bridgehead atoms. The molecular weight excluding hydrogens is 324 g/mol. The van der Waals surface area contributed by atoms with E-state index in [1.54, 1.807) is 44.8 Å². The highest BCUT2D eigenvalue weighted by Crippen LogP contribution is 2.27. The van der Waals surface area contributed by atoms with Crippen LogP contribution in [0.1, 0.15) is 0 Å². The molecule has 0 fully saturated rings. The Morgan fingerprint density at radius 3 is 2.80 bits per heavy atom. The third kappa shape index (κ3) is 2.78. The third-order valence-corrected chi connectivity index (χ3v) is 3.70. The van der Waals surface area contributed by atoms with Crippen LogP contribution in [0.5, 0.6) is 5.88 Å². The Labute approximate surface area is 142 Å². The average molecular weight is 340 g/mol. The maximum absolute atomic E-state index is 10.4. The molecule has 0 aliphatic rings. The second-order valence-corrected chi connectivity index (χ2v) is 5.50. The fourth-order valence-corrected chi connectivity index (χ4v) is 2.61. The van der Waals surface area contributed by atoms with Crippen LogP contribution in [-0.4, -0.2) is 50.9 Å². The second kappa shape index (κ2) is 5.91. The SMILES string of the molecule is Cn1cc(-n2ccc3nc(Nc4cnn(CCO)c4)nc(O)c32)cn1. The molecule has 0 saturated carbocycles. The first-order valence-electron chi connectivity index (χ1n) is 7.61. The van der Waals surface area contributed by atoms with Gasteiger partial charge in [-0.25, -0.2) is 4.98 Å². The van der Waals surface area contributed by atoms with Crippen molar-refractivity contribution >= 4 is 22.7 Å². The minimum Gasteiger partial charge on any atom is -0.492 e. The van der Waals surface area contributed by atoms with Crippen molar-refractivity contribution in [2.75, 3.05) is 11.9 Å². The van der Waals surface area contributed by atoms with E-state index >= 15 is 0 Å². The number of rotatable bonds is 5. The summed E-state index contributed by atoms with van der Waals surface area (Å²) in [6.07, 6.45) is 8.66. The Kier molecular flexibility index (Phi) is 3.58. The van der Waals surface area contributed by atoms with E-state index in [-0.39, 0.29) is 18.4 Å². The molecule has 4 heterocycles. The number of aromatic hydroxyl groups is 1. The van der Waals surface area contributed by atoms with Gasteiger partial charge in [0, 0.05) is 25.6 Å². The molecule has 0 aliphatic heterocycles. The second-order valence-electron chi connectivity index (χ2n) is 5.50. The quantitative estimate of drug-likeness (QED) is 0.491. The van der Waals surface area contributed by atoms with Gasteiger partial charge in [0.25, 0.3) is 0 Å². The van der Waals surface area contributed by atoms with Gasteiger partial charge in [-0.2, -0.15) is 15.2 Å². The first-order chi connectivity index (χ1) is 12.1. The molecule has 4 aromatic heterocycles. The highest BCUT2D eigenvalue weighted by molar-refractivity contribution is 5.83. The monoisotopic (exact) mass is 340 g/mol. The topological polar surface area (TPSA) is 119 Å².